The van der Waals surface area contributed by atoms with Crippen molar-refractivity contribution in [1.82, 2.24) is 4.98 Å². The second-order valence-electron chi connectivity index (χ2n) is 8.82. The number of aromatic nitrogens is 1. The number of unbranched alkanes of at least 4 members (excludes halogenated alkanes) is 6. The van der Waals surface area contributed by atoms with Crippen LogP contribution in [0, 0.1) is 0 Å². The quantitative estimate of drug-likeness (QED) is 0.139. The third-order valence-corrected chi connectivity index (χ3v) is 6.47. The number of benzene rings is 3. The zero-order valence-electron chi connectivity index (χ0n) is 19.2. The number of nitrogens with zero attached hydrogens (tertiary/aromatic N) is 2. The van der Waals surface area contributed by atoms with E-state index in [0.717, 1.165) is 18.6 Å². The normalized spacial score (nSPS) is 11.5. The fraction of sp³-hybridized carbons (Fsp3) is 0.414. The lowest BCUT2D eigenvalue weighted by Gasteiger charge is -2.27. The van der Waals surface area contributed by atoms with Gasteiger partial charge in [-0.25, -0.2) is 0 Å². The molecule has 1 heterocycles. The van der Waals surface area contributed by atoms with E-state index >= 15 is 0 Å². The van der Waals surface area contributed by atoms with Gasteiger partial charge in [-0.1, -0.05) is 82.7 Å². The highest BCUT2D eigenvalue weighted by Crippen LogP contribution is 2.36. The van der Waals surface area contributed by atoms with E-state index in [0.29, 0.717) is 0 Å². The zero-order chi connectivity index (χ0) is 21.5. The Kier molecular flexibility index (Phi) is 7.40. The van der Waals surface area contributed by atoms with E-state index in [1.54, 1.807) is 0 Å². The molecule has 2 heteroatoms. The molecule has 0 aliphatic carbocycles. The van der Waals surface area contributed by atoms with Gasteiger partial charge in [-0.2, -0.15) is 0 Å². The molecule has 4 rings (SSSR count). The third-order valence-electron chi connectivity index (χ3n) is 6.47. The third kappa shape index (κ3) is 5.01. The summed E-state index contributed by atoms with van der Waals surface area (Å²) in [5.41, 5.74) is 2.47. The van der Waals surface area contributed by atoms with Crippen molar-refractivity contribution in [3.8, 4) is 0 Å². The molecule has 0 aliphatic rings. The van der Waals surface area contributed by atoms with E-state index in [4.69, 9.17) is 4.98 Å². The van der Waals surface area contributed by atoms with Crippen LogP contribution in [0.15, 0.2) is 60.8 Å². The lowest BCUT2D eigenvalue weighted by molar-refractivity contribution is 0.610. The summed E-state index contributed by atoms with van der Waals surface area (Å²) in [6.07, 6.45) is 12.3. The van der Waals surface area contributed by atoms with Crippen LogP contribution >= 0.6 is 0 Å². The Morgan fingerprint density at radius 1 is 0.645 bits per heavy atom. The average molecular weight is 413 g/mol. The molecule has 4 aromatic rings. The standard InChI is InChI=1S/C29H36N2/c1-3-5-7-11-18-31(19-12-8-6-4-2)29-22-28-25(16-13-17-30-28)26-20-23-14-9-10-15-24(23)21-27(26)29/h9-10,13-17,20-22H,3-8,11-12,18-19H2,1-2H3. The predicted molar refractivity (Wildman–Crippen MR) is 137 cm³/mol. The Balaban J connectivity index is 1.80. The molecule has 0 amide bonds. The van der Waals surface area contributed by atoms with E-state index in [1.165, 1.54) is 84.0 Å². The van der Waals surface area contributed by atoms with Gasteiger partial charge in [0.25, 0.3) is 0 Å². The summed E-state index contributed by atoms with van der Waals surface area (Å²) < 4.78 is 0. The van der Waals surface area contributed by atoms with Gasteiger partial charge >= 0.3 is 0 Å². The highest BCUT2D eigenvalue weighted by atomic mass is 15.1. The Labute approximate surface area is 187 Å². The average Bonchev–Trinajstić information content (AvgIpc) is 2.81. The number of fused-ring (bicyclic) bond motifs is 4. The fourth-order valence-electron chi connectivity index (χ4n) is 4.72. The molecule has 0 bridgehead atoms. The molecule has 0 saturated carbocycles. The lowest BCUT2D eigenvalue weighted by atomic mass is 9.98. The van der Waals surface area contributed by atoms with Crippen LogP contribution < -0.4 is 4.90 Å². The SMILES string of the molecule is CCCCCCN(CCCCCC)c1cc2ncccc2c2cc3ccccc3cc12. The molecule has 162 valence electrons. The van der Waals surface area contributed by atoms with Crippen molar-refractivity contribution >= 4 is 38.1 Å². The van der Waals surface area contributed by atoms with Crippen molar-refractivity contribution < 1.29 is 0 Å². The number of hydrogen-bond donors (Lipinski definition) is 0. The Morgan fingerprint density at radius 3 is 1.94 bits per heavy atom. The molecule has 0 fully saturated rings. The molecule has 0 aliphatic heterocycles. The molecular formula is C29H36N2. The molecule has 0 N–H and O–H groups in total. The van der Waals surface area contributed by atoms with Crippen LogP contribution in [0.4, 0.5) is 5.69 Å². The van der Waals surface area contributed by atoms with Crippen LogP contribution in [0.1, 0.15) is 65.2 Å². The summed E-state index contributed by atoms with van der Waals surface area (Å²) in [5, 5.41) is 6.56. The first kappa shape index (κ1) is 21.6. The van der Waals surface area contributed by atoms with Gasteiger partial charge < -0.3 is 4.90 Å². The van der Waals surface area contributed by atoms with E-state index in [-0.39, 0.29) is 0 Å². The smallest absolute Gasteiger partial charge is 0.0729 e. The van der Waals surface area contributed by atoms with E-state index < -0.39 is 0 Å². The second kappa shape index (κ2) is 10.6. The first-order chi connectivity index (χ1) is 15.3. The van der Waals surface area contributed by atoms with Gasteiger partial charge in [0.05, 0.1) is 5.52 Å². The minimum absolute atomic E-state index is 1.10. The van der Waals surface area contributed by atoms with Gasteiger partial charge in [0.15, 0.2) is 0 Å². The maximum Gasteiger partial charge on any atom is 0.0729 e. The van der Waals surface area contributed by atoms with Gasteiger partial charge in [0, 0.05) is 35.7 Å². The molecule has 31 heavy (non-hydrogen) atoms. The first-order valence-electron chi connectivity index (χ1n) is 12.3. The second-order valence-corrected chi connectivity index (χ2v) is 8.82. The minimum atomic E-state index is 1.10. The highest BCUT2D eigenvalue weighted by molar-refractivity contribution is 6.16. The number of hydrogen-bond acceptors (Lipinski definition) is 2. The summed E-state index contributed by atoms with van der Waals surface area (Å²) in [7, 11) is 0. The lowest BCUT2D eigenvalue weighted by Crippen LogP contribution is -2.26. The molecule has 0 radical (unpaired) electrons. The Morgan fingerprint density at radius 2 is 1.29 bits per heavy atom. The van der Waals surface area contributed by atoms with Crippen LogP contribution in [0.5, 0.6) is 0 Å². The molecule has 0 saturated heterocycles. The van der Waals surface area contributed by atoms with Gasteiger partial charge in [0.2, 0.25) is 0 Å². The summed E-state index contributed by atoms with van der Waals surface area (Å²) in [6, 6.07) is 20.1. The maximum absolute atomic E-state index is 4.75. The Bertz CT molecular complexity index is 1120. The van der Waals surface area contributed by atoms with E-state index in [9.17, 15) is 0 Å². The monoisotopic (exact) mass is 412 g/mol. The van der Waals surface area contributed by atoms with Crippen molar-refractivity contribution in [2.75, 3.05) is 18.0 Å². The van der Waals surface area contributed by atoms with Gasteiger partial charge in [0.1, 0.15) is 0 Å². The zero-order valence-corrected chi connectivity index (χ0v) is 19.2. The molecular weight excluding hydrogens is 376 g/mol. The van der Waals surface area contributed by atoms with Crippen molar-refractivity contribution in [3.63, 3.8) is 0 Å². The number of rotatable bonds is 11. The molecule has 0 atom stereocenters. The van der Waals surface area contributed by atoms with E-state index in [1.807, 2.05) is 6.20 Å². The minimum Gasteiger partial charge on any atom is -0.371 e. The van der Waals surface area contributed by atoms with E-state index in [2.05, 4.69) is 73.3 Å². The summed E-state index contributed by atoms with van der Waals surface area (Å²) in [6.45, 7) is 6.84. The van der Waals surface area contributed by atoms with Crippen LogP contribution in [0.25, 0.3) is 32.4 Å². The summed E-state index contributed by atoms with van der Waals surface area (Å²) >= 11 is 0. The predicted octanol–water partition coefficient (Wildman–Crippen LogP) is 8.51. The maximum atomic E-state index is 4.75. The fourth-order valence-corrected chi connectivity index (χ4v) is 4.72. The van der Waals surface area contributed by atoms with Crippen LogP contribution in [0.2, 0.25) is 0 Å². The van der Waals surface area contributed by atoms with Gasteiger partial charge in [-0.3, -0.25) is 4.98 Å². The largest absolute Gasteiger partial charge is 0.371 e. The van der Waals surface area contributed by atoms with Crippen LogP contribution in [-0.2, 0) is 0 Å². The van der Waals surface area contributed by atoms with Crippen molar-refractivity contribution in [2.45, 2.75) is 65.2 Å². The van der Waals surface area contributed by atoms with Gasteiger partial charge in [-0.15, -0.1) is 0 Å². The van der Waals surface area contributed by atoms with Crippen LogP contribution in [-0.4, -0.2) is 18.1 Å². The topological polar surface area (TPSA) is 16.1 Å². The number of anilines is 1. The van der Waals surface area contributed by atoms with Gasteiger partial charge in [-0.05, 0) is 53.3 Å². The molecule has 0 spiro atoms. The van der Waals surface area contributed by atoms with Crippen molar-refractivity contribution in [1.29, 1.82) is 0 Å². The van der Waals surface area contributed by atoms with Crippen LogP contribution in [0.3, 0.4) is 0 Å². The van der Waals surface area contributed by atoms with Crippen molar-refractivity contribution in [3.05, 3.63) is 60.8 Å². The highest BCUT2D eigenvalue weighted by Gasteiger charge is 2.14. The summed E-state index contributed by atoms with van der Waals surface area (Å²) in [5.74, 6) is 0. The molecule has 1 aromatic heterocycles. The first-order valence-corrected chi connectivity index (χ1v) is 12.3. The number of pyridine rings is 1. The summed E-state index contributed by atoms with van der Waals surface area (Å²) in [4.78, 5) is 7.40. The van der Waals surface area contributed by atoms with Crippen molar-refractivity contribution in [2.24, 2.45) is 0 Å². The molecule has 3 aromatic carbocycles. The molecule has 2 nitrogen and oxygen atoms in total. The molecule has 0 unspecified atom stereocenters. The Hall–Kier alpha value is -2.61.